The van der Waals surface area contributed by atoms with Crippen LogP contribution in [0.2, 0.25) is 0 Å². The van der Waals surface area contributed by atoms with Gasteiger partial charge in [-0.1, -0.05) is 170 Å². The Labute approximate surface area is 414 Å². The Morgan fingerprint density at radius 1 is 0.559 bits per heavy atom. The summed E-state index contributed by atoms with van der Waals surface area (Å²) in [6, 6.07) is -0.844. The van der Waals surface area contributed by atoms with Gasteiger partial charge in [-0.2, -0.15) is 0 Å². The minimum absolute atomic E-state index is 0.0245. The number of aliphatic hydroxyl groups excluding tert-OH is 5. The summed E-state index contributed by atoms with van der Waals surface area (Å²) in [7, 11) is 0. The van der Waals surface area contributed by atoms with Gasteiger partial charge in [0.25, 0.3) is 0 Å². The summed E-state index contributed by atoms with van der Waals surface area (Å²) < 4.78 is 16.6. The fraction of sp³-hybridized carbons (Fsp3) is 0.789. The van der Waals surface area contributed by atoms with Crippen LogP contribution in [0.25, 0.3) is 0 Å². The van der Waals surface area contributed by atoms with Crippen LogP contribution >= 0.6 is 0 Å². The van der Waals surface area contributed by atoms with Gasteiger partial charge >= 0.3 is 5.97 Å². The first-order chi connectivity index (χ1) is 33.2. The first-order valence-electron chi connectivity index (χ1n) is 27.5. The molecular formula is C57H101NO10. The number of allylic oxidation sites excluding steroid dienone is 9. The summed E-state index contributed by atoms with van der Waals surface area (Å²) >= 11 is 0. The van der Waals surface area contributed by atoms with E-state index in [1.54, 1.807) is 6.08 Å². The van der Waals surface area contributed by atoms with Crippen molar-refractivity contribution in [2.45, 2.75) is 269 Å². The predicted octanol–water partition coefficient (Wildman–Crippen LogP) is 11.9. The van der Waals surface area contributed by atoms with Gasteiger partial charge < -0.3 is 45.1 Å². The fourth-order valence-electron chi connectivity index (χ4n) is 8.23. The second-order valence-electron chi connectivity index (χ2n) is 18.9. The minimum Gasteiger partial charge on any atom is -0.466 e. The number of hydrogen-bond acceptors (Lipinski definition) is 10. The maximum atomic E-state index is 13.0. The Balaban J connectivity index is 2.08. The molecule has 0 saturated carbocycles. The van der Waals surface area contributed by atoms with Crippen LogP contribution in [0.5, 0.6) is 0 Å². The molecule has 11 heteroatoms. The molecule has 0 bridgehead atoms. The average Bonchev–Trinajstić information content (AvgIpc) is 3.33. The van der Waals surface area contributed by atoms with Crippen molar-refractivity contribution < 1.29 is 49.3 Å². The molecule has 1 saturated heterocycles. The van der Waals surface area contributed by atoms with Gasteiger partial charge in [0.15, 0.2) is 6.29 Å². The highest BCUT2D eigenvalue weighted by Gasteiger charge is 2.44. The average molecular weight is 960 g/mol. The van der Waals surface area contributed by atoms with Crippen LogP contribution in [0.1, 0.15) is 226 Å². The summed E-state index contributed by atoms with van der Waals surface area (Å²) in [5, 5.41) is 54.0. The highest BCUT2D eigenvalue weighted by molar-refractivity contribution is 5.76. The molecule has 1 aliphatic heterocycles. The van der Waals surface area contributed by atoms with Gasteiger partial charge in [0.05, 0.1) is 32.0 Å². The van der Waals surface area contributed by atoms with E-state index in [2.05, 4.69) is 54.8 Å². The number of amides is 1. The summed E-state index contributed by atoms with van der Waals surface area (Å²) in [5.74, 6) is -0.240. The standard InChI is InChI=1S/C57H101NO10/c1-3-5-7-9-11-13-14-21-25-29-33-37-41-45-53(62)66-46-42-38-34-30-26-23-20-18-16-15-17-19-22-24-28-32-36-40-44-52(61)58-49(50(60)43-39-35-31-27-12-10-8-6-4-2)48-67-57-56(65)55(64)54(63)51(47-59)68-57/h4,6,12-14,17,19,27,39,43,49-51,54-57,59-60,63-65H,3,5,7-11,15-16,18,20-26,28-38,40-42,44-48H2,1-2H3,(H,58,61)/b6-4+,14-13-,19-17-,27-12+,43-39+. The molecule has 7 atom stereocenters. The molecule has 1 aliphatic rings. The normalized spacial score (nSPS) is 19.9. The van der Waals surface area contributed by atoms with Crippen molar-refractivity contribution in [1.29, 1.82) is 0 Å². The van der Waals surface area contributed by atoms with Gasteiger partial charge in [-0.05, 0) is 103 Å². The smallest absolute Gasteiger partial charge is 0.305 e. The van der Waals surface area contributed by atoms with E-state index in [1.807, 2.05) is 19.1 Å². The molecule has 0 spiro atoms. The summed E-state index contributed by atoms with van der Waals surface area (Å²) in [4.78, 5) is 25.0. The molecule has 1 fully saturated rings. The Morgan fingerprint density at radius 2 is 1.01 bits per heavy atom. The molecule has 0 aliphatic carbocycles. The number of hydrogen-bond donors (Lipinski definition) is 6. The van der Waals surface area contributed by atoms with Crippen LogP contribution < -0.4 is 5.32 Å². The SMILES string of the molecule is C/C=C/CC/C=C/CC/C=C/C(O)C(COC1OC(CO)C(O)C(O)C1O)NC(=O)CCCCCCC/C=C\CCCCCCCCCCCOC(=O)CCCCCCC/C=C\CCCCCC. The number of ether oxygens (including phenoxy) is 3. The lowest BCUT2D eigenvalue weighted by molar-refractivity contribution is -0.302. The molecule has 0 aromatic carbocycles. The van der Waals surface area contributed by atoms with E-state index in [0.717, 1.165) is 89.9 Å². The summed E-state index contributed by atoms with van der Waals surface area (Å²) in [6.07, 6.45) is 49.1. The van der Waals surface area contributed by atoms with E-state index < -0.39 is 49.5 Å². The van der Waals surface area contributed by atoms with E-state index in [4.69, 9.17) is 14.2 Å². The monoisotopic (exact) mass is 960 g/mol. The first-order valence-corrected chi connectivity index (χ1v) is 27.5. The second-order valence-corrected chi connectivity index (χ2v) is 18.9. The van der Waals surface area contributed by atoms with Crippen LogP contribution in [-0.4, -0.2) is 100 Å². The van der Waals surface area contributed by atoms with Crippen LogP contribution in [-0.2, 0) is 23.8 Å². The zero-order chi connectivity index (χ0) is 49.6. The molecule has 68 heavy (non-hydrogen) atoms. The maximum absolute atomic E-state index is 13.0. The molecule has 1 rings (SSSR count). The van der Waals surface area contributed by atoms with Crippen molar-refractivity contribution in [3.05, 3.63) is 60.8 Å². The molecule has 6 N–H and O–H groups in total. The van der Waals surface area contributed by atoms with E-state index in [1.165, 1.54) is 103 Å². The highest BCUT2D eigenvalue weighted by Crippen LogP contribution is 2.23. The first kappa shape index (κ1) is 63.4. The number of carbonyl (C=O) groups excluding carboxylic acids is 2. The zero-order valence-corrected chi connectivity index (χ0v) is 43.0. The van der Waals surface area contributed by atoms with Gasteiger partial charge in [-0.3, -0.25) is 9.59 Å². The van der Waals surface area contributed by atoms with Gasteiger partial charge in [0.1, 0.15) is 24.4 Å². The fourth-order valence-corrected chi connectivity index (χ4v) is 8.23. The summed E-state index contributed by atoms with van der Waals surface area (Å²) in [5.41, 5.74) is 0. The highest BCUT2D eigenvalue weighted by atomic mass is 16.7. The molecule has 0 radical (unpaired) electrons. The van der Waals surface area contributed by atoms with Crippen LogP contribution in [0, 0.1) is 0 Å². The lowest BCUT2D eigenvalue weighted by atomic mass is 9.99. The largest absolute Gasteiger partial charge is 0.466 e. The molecule has 0 aromatic rings. The maximum Gasteiger partial charge on any atom is 0.305 e. The van der Waals surface area contributed by atoms with Crippen LogP contribution in [0.3, 0.4) is 0 Å². The predicted molar refractivity (Wildman–Crippen MR) is 278 cm³/mol. The third-order valence-electron chi connectivity index (χ3n) is 12.6. The molecule has 394 valence electrons. The Kier molecular flexibility index (Phi) is 43.5. The number of unbranched alkanes of at least 4 members (excludes halogenated alkanes) is 25. The van der Waals surface area contributed by atoms with E-state index in [-0.39, 0.29) is 18.5 Å². The molecule has 11 nitrogen and oxygen atoms in total. The van der Waals surface area contributed by atoms with Crippen molar-refractivity contribution in [3.63, 3.8) is 0 Å². The molecular weight excluding hydrogens is 859 g/mol. The Hall–Kier alpha value is -2.64. The topological polar surface area (TPSA) is 175 Å². The third kappa shape index (κ3) is 36.3. The van der Waals surface area contributed by atoms with Crippen molar-refractivity contribution in [3.8, 4) is 0 Å². The van der Waals surface area contributed by atoms with Crippen molar-refractivity contribution in [2.75, 3.05) is 19.8 Å². The van der Waals surface area contributed by atoms with Crippen molar-refractivity contribution in [2.24, 2.45) is 0 Å². The van der Waals surface area contributed by atoms with Crippen molar-refractivity contribution in [1.82, 2.24) is 5.32 Å². The van der Waals surface area contributed by atoms with E-state index >= 15 is 0 Å². The molecule has 7 unspecified atom stereocenters. The third-order valence-corrected chi connectivity index (χ3v) is 12.6. The lowest BCUT2D eigenvalue weighted by Crippen LogP contribution is -2.60. The Morgan fingerprint density at radius 3 is 1.54 bits per heavy atom. The van der Waals surface area contributed by atoms with E-state index in [0.29, 0.717) is 25.9 Å². The number of aliphatic hydroxyl groups is 5. The second kappa shape index (κ2) is 46.7. The molecule has 1 heterocycles. The van der Waals surface area contributed by atoms with Gasteiger partial charge in [0.2, 0.25) is 5.91 Å². The van der Waals surface area contributed by atoms with E-state index in [9.17, 15) is 35.1 Å². The zero-order valence-electron chi connectivity index (χ0n) is 43.0. The van der Waals surface area contributed by atoms with Gasteiger partial charge in [-0.25, -0.2) is 0 Å². The number of esters is 1. The van der Waals surface area contributed by atoms with Gasteiger partial charge in [0, 0.05) is 12.8 Å². The Bertz CT molecular complexity index is 1310. The lowest BCUT2D eigenvalue weighted by Gasteiger charge is -2.40. The van der Waals surface area contributed by atoms with Gasteiger partial charge in [-0.15, -0.1) is 0 Å². The number of rotatable bonds is 46. The van der Waals surface area contributed by atoms with Crippen LogP contribution in [0.15, 0.2) is 60.8 Å². The van der Waals surface area contributed by atoms with Crippen LogP contribution in [0.4, 0.5) is 0 Å². The summed E-state index contributed by atoms with van der Waals surface area (Å²) in [6.45, 7) is 4.03. The quantitative estimate of drug-likeness (QED) is 0.0196. The number of carbonyl (C=O) groups is 2. The molecule has 0 aromatic heterocycles. The minimum atomic E-state index is -1.58. The molecule has 1 amide bonds. The van der Waals surface area contributed by atoms with Crippen molar-refractivity contribution >= 4 is 11.9 Å². The number of nitrogens with one attached hydrogen (secondary N) is 1.